The van der Waals surface area contributed by atoms with Crippen molar-refractivity contribution in [3.63, 3.8) is 0 Å². The number of aromatic amines is 1. The molecule has 196 valence electrons. The van der Waals surface area contributed by atoms with Crippen molar-refractivity contribution in [1.29, 1.82) is 0 Å². The minimum Gasteiger partial charge on any atom is -0.481 e. The molecule has 0 aliphatic carbocycles. The Labute approximate surface area is 212 Å². The van der Waals surface area contributed by atoms with Gasteiger partial charge in [-0.05, 0) is 51.1 Å². The molecule has 0 saturated carbocycles. The number of benzene rings is 1. The Balaban J connectivity index is 1.61. The van der Waals surface area contributed by atoms with E-state index in [9.17, 15) is 14.0 Å². The summed E-state index contributed by atoms with van der Waals surface area (Å²) in [5, 5.41) is 14.6. The first kappa shape index (κ1) is 26.2. The predicted octanol–water partition coefficient (Wildman–Crippen LogP) is 3.14. The molecule has 0 spiro atoms. The predicted molar refractivity (Wildman–Crippen MR) is 132 cm³/mol. The zero-order chi connectivity index (χ0) is 26.6. The largest absolute Gasteiger partial charge is 0.481 e. The molecular formula is C25H29FN6O5. The lowest BCUT2D eigenvalue weighted by Gasteiger charge is -2.35. The van der Waals surface area contributed by atoms with E-state index in [0.717, 1.165) is 0 Å². The van der Waals surface area contributed by atoms with Crippen LogP contribution in [0.15, 0.2) is 36.5 Å². The number of carbonyl (C=O) groups is 2. The van der Waals surface area contributed by atoms with Crippen molar-refractivity contribution in [3.05, 3.63) is 48.2 Å². The average Bonchev–Trinajstić information content (AvgIpc) is 3.30. The van der Waals surface area contributed by atoms with Gasteiger partial charge in [0.1, 0.15) is 5.82 Å². The Kier molecular flexibility index (Phi) is 7.79. The van der Waals surface area contributed by atoms with E-state index in [2.05, 4.69) is 30.6 Å². The van der Waals surface area contributed by atoms with Crippen LogP contribution in [-0.4, -0.2) is 62.7 Å². The molecule has 3 heterocycles. The highest BCUT2D eigenvalue weighted by atomic mass is 19.1. The summed E-state index contributed by atoms with van der Waals surface area (Å²) in [6, 6.07) is 7.52. The molecule has 0 atom stereocenters. The van der Waals surface area contributed by atoms with Crippen molar-refractivity contribution in [2.75, 3.05) is 25.1 Å². The fourth-order valence-corrected chi connectivity index (χ4v) is 3.70. The van der Waals surface area contributed by atoms with Gasteiger partial charge in [0.2, 0.25) is 18.1 Å². The molecule has 1 amide bonds. The van der Waals surface area contributed by atoms with Crippen molar-refractivity contribution in [1.82, 2.24) is 25.3 Å². The van der Waals surface area contributed by atoms with E-state index >= 15 is 0 Å². The zero-order valence-electron chi connectivity index (χ0n) is 20.7. The van der Waals surface area contributed by atoms with Gasteiger partial charge in [0.25, 0.3) is 0 Å². The number of carbonyl (C=O) groups excluding carboxylic acids is 1. The van der Waals surface area contributed by atoms with Crippen LogP contribution in [0.2, 0.25) is 0 Å². The highest BCUT2D eigenvalue weighted by Gasteiger charge is 2.41. The second-order valence-corrected chi connectivity index (χ2v) is 9.33. The van der Waals surface area contributed by atoms with Crippen LogP contribution in [0, 0.1) is 11.2 Å². The molecule has 0 radical (unpaired) electrons. The number of anilines is 1. The fraction of sp³-hybridized carbons (Fsp3) is 0.400. The molecule has 1 saturated heterocycles. The second-order valence-electron chi connectivity index (χ2n) is 9.33. The average molecular weight is 513 g/mol. The van der Waals surface area contributed by atoms with E-state index in [-0.39, 0.29) is 49.9 Å². The minimum absolute atomic E-state index is 0.00989. The lowest BCUT2D eigenvalue weighted by Crippen LogP contribution is -2.50. The summed E-state index contributed by atoms with van der Waals surface area (Å²) in [5.74, 6) is -0.870. The van der Waals surface area contributed by atoms with Crippen LogP contribution >= 0.6 is 0 Å². The lowest BCUT2D eigenvalue weighted by atomic mass is 9.90. The number of aromatic nitrogens is 4. The zero-order valence-corrected chi connectivity index (χ0v) is 20.7. The van der Waals surface area contributed by atoms with Crippen molar-refractivity contribution >= 4 is 17.8 Å². The van der Waals surface area contributed by atoms with Crippen LogP contribution in [-0.2, 0) is 19.1 Å². The van der Waals surface area contributed by atoms with Gasteiger partial charge in [-0.2, -0.15) is 0 Å². The SMILES string of the molecule is CC(C)NC(=O)C1(C)COC(c2nc(-c3ccc(F)cc3)c(-c3ccnc(NCCC(=O)O)n3)[nH]2)OC1. The van der Waals surface area contributed by atoms with Gasteiger partial charge >= 0.3 is 5.97 Å². The standard InChI is InChI=1S/C25H29FN6O5/c1-14(2)29-23(35)25(3)12-36-22(37-13-25)21-31-19(15-4-6-16(26)7-5-15)20(32-21)17-8-10-27-24(30-17)28-11-9-18(33)34/h4-8,10,14,22H,9,11-13H2,1-3H3,(H,29,35)(H,31,32)(H,33,34)(H,27,28,30). The maximum Gasteiger partial charge on any atom is 0.305 e. The van der Waals surface area contributed by atoms with Crippen molar-refractivity contribution in [2.45, 2.75) is 39.5 Å². The van der Waals surface area contributed by atoms with Crippen molar-refractivity contribution in [3.8, 4) is 22.6 Å². The highest BCUT2D eigenvalue weighted by molar-refractivity contribution is 5.83. The Morgan fingerprint density at radius 3 is 2.54 bits per heavy atom. The van der Waals surface area contributed by atoms with E-state index in [1.54, 1.807) is 25.1 Å². The topological polar surface area (TPSA) is 151 Å². The second kappa shape index (κ2) is 11.0. The van der Waals surface area contributed by atoms with Gasteiger partial charge in [0.05, 0.1) is 42.1 Å². The number of hydrogen-bond acceptors (Lipinski definition) is 8. The van der Waals surface area contributed by atoms with Gasteiger partial charge in [-0.1, -0.05) is 0 Å². The Morgan fingerprint density at radius 1 is 1.19 bits per heavy atom. The third kappa shape index (κ3) is 6.27. The number of ether oxygens (including phenoxy) is 2. The van der Waals surface area contributed by atoms with Crippen molar-refractivity contribution in [2.24, 2.45) is 5.41 Å². The normalized spacial score (nSPS) is 19.5. The smallest absolute Gasteiger partial charge is 0.305 e. The first-order valence-corrected chi connectivity index (χ1v) is 11.8. The summed E-state index contributed by atoms with van der Waals surface area (Å²) < 4.78 is 25.4. The number of rotatable bonds is 9. The highest BCUT2D eigenvalue weighted by Crippen LogP contribution is 2.35. The van der Waals surface area contributed by atoms with E-state index in [1.165, 1.54) is 18.3 Å². The number of carboxylic acid groups (broad SMARTS) is 1. The molecular weight excluding hydrogens is 483 g/mol. The summed E-state index contributed by atoms with van der Waals surface area (Å²) in [6.45, 7) is 5.96. The van der Waals surface area contributed by atoms with Crippen LogP contribution in [0.5, 0.6) is 0 Å². The minimum atomic E-state index is -0.939. The summed E-state index contributed by atoms with van der Waals surface area (Å²) in [7, 11) is 0. The van der Waals surface area contributed by atoms with E-state index in [1.807, 2.05) is 13.8 Å². The molecule has 1 aliphatic heterocycles. The molecule has 1 fully saturated rings. The molecule has 2 aromatic heterocycles. The number of aliphatic carboxylic acids is 1. The maximum absolute atomic E-state index is 13.6. The van der Waals surface area contributed by atoms with Crippen LogP contribution < -0.4 is 10.6 Å². The molecule has 37 heavy (non-hydrogen) atoms. The van der Waals surface area contributed by atoms with Gasteiger partial charge in [-0.3, -0.25) is 9.59 Å². The number of carboxylic acids is 1. The maximum atomic E-state index is 13.6. The Hall–Kier alpha value is -3.90. The molecule has 12 heteroatoms. The third-order valence-electron chi connectivity index (χ3n) is 5.67. The van der Waals surface area contributed by atoms with E-state index in [0.29, 0.717) is 28.5 Å². The van der Waals surface area contributed by atoms with E-state index < -0.39 is 17.7 Å². The summed E-state index contributed by atoms with van der Waals surface area (Å²) >= 11 is 0. The monoisotopic (exact) mass is 512 g/mol. The van der Waals surface area contributed by atoms with E-state index in [4.69, 9.17) is 14.6 Å². The molecule has 3 aromatic rings. The lowest BCUT2D eigenvalue weighted by molar-refractivity contribution is -0.231. The number of hydrogen-bond donors (Lipinski definition) is 4. The van der Waals surface area contributed by atoms with Gasteiger partial charge < -0.3 is 30.2 Å². The number of nitrogens with one attached hydrogen (secondary N) is 3. The van der Waals surface area contributed by atoms with Gasteiger partial charge in [0.15, 0.2) is 5.82 Å². The fourth-order valence-electron chi connectivity index (χ4n) is 3.70. The molecule has 4 N–H and O–H groups in total. The van der Waals surface area contributed by atoms with Crippen molar-refractivity contribution < 1.29 is 28.6 Å². The number of imidazole rings is 1. The summed E-state index contributed by atoms with van der Waals surface area (Å²) in [4.78, 5) is 39.9. The van der Waals surface area contributed by atoms with Gasteiger partial charge in [0, 0.05) is 24.3 Å². The van der Waals surface area contributed by atoms with Gasteiger partial charge in [-0.15, -0.1) is 0 Å². The first-order valence-electron chi connectivity index (χ1n) is 11.8. The Morgan fingerprint density at radius 2 is 1.89 bits per heavy atom. The Bertz CT molecular complexity index is 1250. The number of nitrogens with zero attached hydrogens (tertiary/aromatic N) is 3. The molecule has 0 unspecified atom stereocenters. The third-order valence-corrected chi connectivity index (χ3v) is 5.67. The first-order chi connectivity index (χ1) is 17.6. The summed E-state index contributed by atoms with van der Waals surface area (Å²) in [5.41, 5.74) is 1.27. The molecule has 1 aromatic carbocycles. The number of amides is 1. The quantitative estimate of drug-likeness (QED) is 0.339. The summed E-state index contributed by atoms with van der Waals surface area (Å²) in [6.07, 6.45) is 0.586. The van der Waals surface area contributed by atoms with Crippen LogP contribution in [0.4, 0.5) is 10.3 Å². The molecule has 1 aliphatic rings. The van der Waals surface area contributed by atoms with Gasteiger partial charge in [-0.25, -0.2) is 19.3 Å². The van der Waals surface area contributed by atoms with Crippen LogP contribution in [0.25, 0.3) is 22.6 Å². The number of H-pyrrole nitrogens is 1. The number of halogens is 1. The molecule has 0 bridgehead atoms. The molecule has 11 nitrogen and oxygen atoms in total. The van der Waals surface area contributed by atoms with Crippen LogP contribution in [0.3, 0.4) is 0 Å². The molecule has 4 rings (SSSR count). The van der Waals surface area contributed by atoms with Crippen LogP contribution in [0.1, 0.15) is 39.3 Å².